The van der Waals surface area contributed by atoms with Crippen LogP contribution in [-0.2, 0) is 0 Å². The van der Waals surface area contributed by atoms with Crippen LogP contribution in [0.5, 0.6) is 0 Å². The molecule has 1 unspecified atom stereocenters. The highest BCUT2D eigenvalue weighted by atomic mass is 19.1. The molecule has 0 aliphatic carbocycles. The Hall–Kier alpha value is -2.76. The van der Waals surface area contributed by atoms with Crippen molar-refractivity contribution in [3.05, 3.63) is 64.7 Å². The van der Waals surface area contributed by atoms with Crippen LogP contribution in [0.3, 0.4) is 0 Å². The van der Waals surface area contributed by atoms with Gasteiger partial charge in [0.1, 0.15) is 5.82 Å². The minimum atomic E-state index is -0.346. The van der Waals surface area contributed by atoms with E-state index in [4.69, 9.17) is 4.98 Å². The molecule has 2 saturated heterocycles. The topological polar surface area (TPSA) is 53.5 Å². The molecule has 1 atom stereocenters. The van der Waals surface area contributed by atoms with E-state index in [-0.39, 0.29) is 29.6 Å². The summed E-state index contributed by atoms with van der Waals surface area (Å²) in [6.07, 6.45) is 4.79. The first-order chi connectivity index (χ1) is 14.9. The molecule has 0 N–H and O–H groups in total. The van der Waals surface area contributed by atoms with Crippen molar-refractivity contribution in [2.24, 2.45) is 0 Å². The molecule has 164 valence electrons. The maximum absolute atomic E-state index is 13.4. The summed E-state index contributed by atoms with van der Waals surface area (Å²) in [7, 11) is 0. The molecule has 1 aromatic carbocycles. The summed E-state index contributed by atoms with van der Waals surface area (Å²) in [5, 5.41) is 0. The fourth-order valence-electron chi connectivity index (χ4n) is 4.75. The van der Waals surface area contributed by atoms with Gasteiger partial charge in [-0.25, -0.2) is 4.39 Å². The number of aromatic nitrogens is 1. The molecule has 0 radical (unpaired) electrons. The first kappa shape index (κ1) is 21.5. The second-order valence-corrected chi connectivity index (χ2v) is 8.80. The zero-order chi connectivity index (χ0) is 22.0. The van der Waals surface area contributed by atoms with E-state index in [2.05, 4.69) is 6.92 Å². The Morgan fingerprint density at radius 2 is 1.65 bits per heavy atom. The zero-order valence-corrected chi connectivity index (χ0v) is 18.3. The number of nitrogens with zero attached hydrogens (tertiary/aromatic N) is 3. The second-order valence-electron chi connectivity index (χ2n) is 8.80. The van der Waals surface area contributed by atoms with Gasteiger partial charge in [0.2, 0.25) is 0 Å². The monoisotopic (exact) mass is 423 g/mol. The number of pyridine rings is 1. The number of aryl methyl sites for hydroxylation is 1. The lowest BCUT2D eigenvalue weighted by Crippen LogP contribution is -2.43. The van der Waals surface area contributed by atoms with E-state index in [1.807, 2.05) is 28.9 Å². The summed E-state index contributed by atoms with van der Waals surface area (Å²) in [6.45, 7) is 6.08. The van der Waals surface area contributed by atoms with Crippen LogP contribution < -0.4 is 0 Å². The Balaban J connectivity index is 1.49. The van der Waals surface area contributed by atoms with E-state index in [1.54, 1.807) is 0 Å². The summed E-state index contributed by atoms with van der Waals surface area (Å²) < 4.78 is 13.2. The third kappa shape index (κ3) is 4.63. The molecule has 0 bridgehead atoms. The summed E-state index contributed by atoms with van der Waals surface area (Å²) in [6, 6.07) is 9.79. The lowest BCUT2D eigenvalue weighted by Gasteiger charge is -2.35. The summed E-state index contributed by atoms with van der Waals surface area (Å²) in [4.78, 5) is 34.7. The highest BCUT2D eigenvalue weighted by Gasteiger charge is 2.31. The van der Waals surface area contributed by atoms with Crippen LogP contribution in [0.15, 0.2) is 36.4 Å². The van der Waals surface area contributed by atoms with E-state index in [0.717, 1.165) is 43.6 Å². The van der Waals surface area contributed by atoms with E-state index in [9.17, 15) is 14.0 Å². The number of halogens is 1. The van der Waals surface area contributed by atoms with Gasteiger partial charge in [0.15, 0.2) is 0 Å². The molecule has 3 heterocycles. The van der Waals surface area contributed by atoms with Gasteiger partial charge in [-0.15, -0.1) is 0 Å². The SMILES string of the molecule is Cc1ccc(C(=O)N2CCCCC2C)c(C2CCN(C(=O)c3ccc(F)cc3)CC2)n1. The first-order valence-corrected chi connectivity index (χ1v) is 11.3. The van der Waals surface area contributed by atoms with Gasteiger partial charge < -0.3 is 9.80 Å². The molecule has 2 amide bonds. The summed E-state index contributed by atoms with van der Waals surface area (Å²) in [5.74, 6) is -0.189. The van der Waals surface area contributed by atoms with Crippen molar-refractivity contribution in [3.63, 3.8) is 0 Å². The molecule has 31 heavy (non-hydrogen) atoms. The molecule has 4 rings (SSSR count). The van der Waals surface area contributed by atoms with Crippen LogP contribution in [0.25, 0.3) is 0 Å². The van der Waals surface area contributed by atoms with Crippen molar-refractivity contribution in [2.75, 3.05) is 19.6 Å². The Morgan fingerprint density at radius 3 is 2.32 bits per heavy atom. The zero-order valence-electron chi connectivity index (χ0n) is 18.3. The quantitative estimate of drug-likeness (QED) is 0.727. The summed E-state index contributed by atoms with van der Waals surface area (Å²) >= 11 is 0. The third-order valence-corrected chi connectivity index (χ3v) is 6.62. The molecule has 2 aromatic rings. The number of hydrogen-bond donors (Lipinski definition) is 0. The predicted octanol–water partition coefficient (Wildman–Crippen LogP) is 4.56. The molecule has 0 spiro atoms. The van der Waals surface area contributed by atoms with Gasteiger partial charge in [-0.1, -0.05) is 0 Å². The van der Waals surface area contributed by atoms with Crippen LogP contribution in [-0.4, -0.2) is 52.3 Å². The van der Waals surface area contributed by atoms with Crippen molar-refractivity contribution in [1.82, 2.24) is 14.8 Å². The van der Waals surface area contributed by atoms with Crippen molar-refractivity contribution in [3.8, 4) is 0 Å². The highest BCUT2D eigenvalue weighted by molar-refractivity contribution is 5.96. The fourth-order valence-corrected chi connectivity index (χ4v) is 4.75. The number of hydrogen-bond acceptors (Lipinski definition) is 3. The minimum Gasteiger partial charge on any atom is -0.339 e. The average molecular weight is 424 g/mol. The first-order valence-electron chi connectivity index (χ1n) is 11.3. The number of carbonyl (C=O) groups excluding carboxylic acids is 2. The molecule has 5 nitrogen and oxygen atoms in total. The van der Waals surface area contributed by atoms with Crippen LogP contribution in [0.1, 0.15) is 77.0 Å². The van der Waals surface area contributed by atoms with Gasteiger partial charge in [0.25, 0.3) is 11.8 Å². The average Bonchev–Trinajstić information content (AvgIpc) is 2.79. The predicted molar refractivity (Wildman–Crippen MR) is 118 cm³/mol. The van der Waals surface area contributed by atoms with Crippen molar-refractivity contribution < 1.29 is 14.0 Å². The van der Waals surface area contributed by atoms with Crippen LogP contribution >= 0.6 is 0 Å². The molecular formula is C25H30FN3O2. The van der Waals surface area contributed by atoms with Gasteiger partial charge in [0, 0.05) is 42.9 Å². The molecule has 2 fully saturated rings. The second kappa shape index (κ2) is 9.16. The van der Waals surface area contributed by atoms with Gasteiger partial charge >= 0.3 is 0 Å². The molecule has 1 aromatic heterocycles. The Bertz CT molecular complexity index is 952. The number of benzene rings is 1. The van der Waals surface area contributed by atoms with Gasteiger partial charge in [-0.05, 0) is 82.3 Å². The molecule has 2 aliphatic heterocycles. The largest absolute Gasteiger partial charge is 0.339 e. The highest BCUT2D eigenvalue weighted by Crippen LogP contribution is 2.31. The maximum atomic E-state index is 13.4. The molecule has 0 saturated carbocycles. The molecule has 6 heteroatoms. The Morgan fingerprint density at radius 1 is 0.935 bits per heavy atom. The van der Waals surface area contributed by atoms with E-state index in [1.165, 1.54) is 30.7 Å². The van der Waals surface area contributed by atoms with Crippen molar-refractivity contribution in [2.45, 2.75) is 57.9 Å². The van der Waals surface area contributed by atoms with Crippen LogP contribution in [0.4, 0.5) is 4.39 Å². The van der Waals surface area contributed by atoms with Gasteiger partial charge in [0.05, 0.1) is 11.3 Å². The molecular weight excluding hydrogens is 393 g/mol. The van der Waals surface area contributed by atoms with Crippen LogP contribution in [0, 0.1) is 12.7 Å². The van der Waals surface area contributed by atoms with Crippen molar-refractivity contribution in [1.29, 1.82) is 0 Å². The number of rotatable bonds is 3. The number of piperidine rings is 2. The normalized spacial score (nSPS) is 20.0. The summed E-state index contributed by atoms with van der Waals surface area (Å²) in [5.41, 5.74) is 2.99. The van der Waals surface area contributed by atoms with Crippen LogP contribution in [0.2, 0.25) is 0 Å². The molecule has 2 aliphatic rings. The standard InChI is InChI=1S/C25H30FN3O2/c1-17-6-11-22(25(31)29-14-4-3-5-18(29)2)23(27-17)19-12-15-28(16-13-19)24(30)20-7-9-21(26)10-8-20/h6-11,18-19H,3-5,12-16H2,1-2H3. The Labute approximate surface area is 183 Å². The maximum Gasteiger partial charge on any atom is 0.255 e. The number of amides is 2. The fraction of sp³-hybridized carbons (Fsp3) is 0.480. The van der Waals surface area contributed by atoms with Gasteiger partial charge in [-0.2, -0.15) is 0 Å². The lowest BCUT2D eigenvalue weighted by atomic mass is 9.89. The third-order valence-electron chi connectivity index (χ3n) is 6.62. The van der Waals surface area contributed by atoms with Gasteiger partial charge in [-0.3, -0.25) is 14.6 Å². The lowest BCUT2D eigenvalue weighted by molar-refractivity contribution is 0.0628. The van der Waals surface area contributed by atoms with E-state index in [0.29, 0.717) is 24.2 Å². The number of carbonyl (C=O) groups is 2. The van der Waals surface area contributed by atoms with Crippen molar-refractivity contribution >= 4 is 11.8 Å². The Kier molecular flexibility index (Phi) is 6.35. The smallest absolute Gasteiger partial charge is 0.255 e. The van der Waals surface area contributed by atoms with E-state index < -0.39 is 0 Å². The number of likely N-dealkylation sites (tertiary alicyclic amines) is 2. The minimum absolute atomic E-state index is 0.0749. The van der Waals surface area contributed by atoms with E-state index >= 15 is 0 Å².